The molecule has 1 fully saturated rings. The molecule has 1 aromatic carbocycles. The highest BCUT2D eigenvalue weighted by Crippen LogP contribution is 2.27. The number of para-hydroxylation sites is 2. The number of ketones is 1. The van der Waals surface area contributed by atoms with Crippen LogP contribution in [0.4, 0.5) is 0 Å². The van der Waals surface area contributed by atoms with Crippen LogP contribution in [-0.2, 0) is 9.53 Å². The fourth-order valence-corrected chi connectivity index (χ4v) is 2.47. The van der Waals surface area contributed by atoms with Gasteiger partial charge in [0.2, 0.25) is 5.89 Å². The van der Waals surface area contributed by atoms with Crippen LogP contribution in [0.1, 0.15) is 24.7 Å². The number of benzene rings is 1. The maximum Gasteiger partial charge on any atom is 0.220 e. The molecule has 1 aliphatic rings. The first kappa shape index (κ1) is 12.8. The van der Waals surface area contributed by atoms with Crippen LogP contribution in [0.25, 0.3) is 11.1 Å². The van der Waals surface area contributed by atoms with Crippen molar-refractivity contribution in [2.75, 3.05) is 13.2 Å². The van der Waals surface area contributed by atoms with Crippen molar-refractivity contribution in [3.8, 4) is 6.07 Å². The average molecular weight is 270 g/mol. The third-order valence-electron chi connectivity index (χ3n) is 3.59. The molecule has 0 saturated carbocycles. The molecular formula is C15H14N2O3. The largest absolute Gasteiger partial charge is 0.439 e. The molecule has 0 unspecified atom stereocenters. The lowest BCUT2D eigenvalue weighted by atomic mass is 9.88. The van der Waals surface area contributed by atoms with E-state index in [4.69, 9.17) is 9.15 Å². The highest BCUT2D eigenvalue weighted by Gasteiger charge is 2.32. The summed E-state index contributed by atoms with van der Waals surface area (Å²) in [7, 11) is 0. The molecule has 0 radical (unpaired) electrons. The van der Waals surface area contributed by atoms with Gasteiger partial charge in [-0.3, -0.25) is 4.79 Å². The summed E-state index contributed by atoms with van der Waals surface area (Å²) in [5.41, 5.74) is 1.27. The molecular weight excluding hydrogens is 256 g/mol. The Morgan fingerprint density at radius 2 is 2.10 bits per heavy atom. The maximum absolute atomic E-state index is 12.4. The normalized spacial score (nSPS) is 17.8. The Labute approximate surface area is 116 Å². The number of hydrogen-bond acceptors (Lipinski definition) is 5. The van der Waals surface area contributed by atoms with Gasteiger partial charge in [-0.05, 0) is 25.0 Å². The standard InChI is InChI=1S/C15H14N2O3/c16-9-11(14(18)10-5-7-19-8-6-10)15-17-12-3-1-2-4-13(12)20-15/h1-4,10-11H,5-8H2/t11-/m1/s1. The topological polar surface area (TPSA) is 76.1 Å². The predicted molar refractivity (Wildman–Crippen MR) is 70.9 cm³/mol. The molecule has 2 aromatic rings. The number of hydrogen-bond donors (Lipinski definition) is 0. The minimum Gasteiger partial charge on any atom is -0.439 e. The molecule has 1 aliphatic heterocycles. The van der Waals surface area contributed by atoms with Crippen molar-refractivity contribution in [3.63, 3.8) is 0 Å². The SMILES string of the molecule is N#C[C@H](C(=O)C1CCOCC1)c1nc2ccccc2o1. The molecule has 2 heterocycles. The molecule has 20 heavy (non-hydrogen) atoms. The van der Waals surface area contributed by atoms with E-state index in [-0.39, 0.29) is 17.6 Å². The summed E-state index contributed by atoms with van der Waals surface area (Å²) in [6.07, 6.45) is 1.33. The molecule has 1 saturated heterocycles. The number of nitriles is 1. The molecule has 0 spiro atoms. The van der Waals surface area contributed by atoms with Crippen molar-refractivity contribution in [2.24, 2.45) is 5.92 Å². The van der Waals surface area contributed by atoms with Crippen molar-refractivity contribution in [1.29, 1.82) is 5.26 Å². The number of ether oxygens (including phenoxy) is 1. The summed E-state index contributed by atoms with van der Waals surface area (Å²) in [5.74, 6) is -0.971. The van der Waals surface area contributed by atoms with Gasteiger partial charge in [0, 0.05) is 19.1 Å². The Hall–Kier alpha value is -2.19. The molecule has 1 atom stereocenters. The zero-order valence-electron chi connectivity index (χ0n) is 10.9. The van der Waals surface area contributed by atoms with E-state index >= 15 is 0 Å². The first-order valence-corrected chi connectivity index (χ1v) is 6.66. The monoisotopic (exact) mass is 270 g/mol. The molecule has 5 nitrogen and oxygen atoms in total. The first-order chi connectivity index (χ1) is 9.79. The van der Waals surface area contributed by atoms with Crippen LogP contribution in [0.15, 0.2) is 28.7 Å². The molecule has 0 N–H and O–H groups in total. The van der Waals surface area contributed by atoms with Gasteiger partial charge in [0.05, 0.1) is 6.07 Å². The third kappa shape index (κ3) is 2.30. The van der Waals surface area contributed by atoms with Gasteiger partial charge in [0.25, 0.3) is 0 Å². The number of aromatic nitrogens is 1. The van der Waals surface area contributed by atoms with E-state index in [9.17, 15) is 10.1 Å². The Bertz CT molecular complexity index is 632. The number of fused-ring (bicyclic) bond motifs is 1. The summed E-state index contributed by atoms with van der Waals surface area (Å²) in [6.45, 7) is 1.14. The smallest absolute Gasteiger partial charge is 0.220 e. The maximum atomic E-state index is 12.4. The molecule has 102 valence electrons. The van der Waals surface area contributed by atoms with E-state index in [0.717, 1.165) is 0 Å². The molecule has 0 bridgehead atoms. The van der Waals surface area contributed by atoms with Crippen LogP contribution in [0.2, 0.25) is 0 Å². The van der Waals surface area contributed by atoms with Gasteiger partial charge in [-0.1, -0.05) is 12.1 Å². The number of carbonyl (C=O) groups excluding carboxylic acids is 1. The highest BCUT2D eigenvalue weighted by atomic mass is 16.5. The number of nitrogens with zero attached hydrogens (tertiary/aromatic N) is 2. The van der Waals surface area contributed by atoms with E-state index < -0.39 is 5.92 Å². The third-order valence-corrected chi connectivity index (χ3v) is 3.59. The summed E-state index contributed by atoms with van der Waals surface area (Å²) >= 11 is 0. The lowest BCUT2D eigenvalue weighted by Gasteiger charge is -2.21. The molecule has 0 aliphatic carbocycles. The fourth-order valence-electron chi connectivity index (χ4n) is 2.47. The van der Waals surface area contributed by atoms with Crippen molar-refractivity contribution in [3.05, 3.63) is 30.2 Å². The van der Waals surface area contributed by atoms with E-state index in [0.29, 0.717) is 37.2 Å². The predicted octanol–water partition coefficient (Wildman–Crippen LogP) is 2.43. The van der Waals surface area contributed by atoms with E-state index in [1.165, 1.54) is 0 Å². The van der Waals surface area contributed by atoms with E-state index in [2.05, 4.69) is 4.98 Å². The van der Waals surface area contributed by atoms with E-state index in [1.54, 1.807) is 12.1 Å². The van der Waals surface area contributed by atoms with Crippen molar-refractivity contribution < 1.29 is 13.9 Å². The van der Waals surface area contributed by atoms with Gasteiger partial charge in [0.15, 0.2) is 17.3 Å². The number of oxazole rings is 1. The van der Waals surface area contributed by atoms with Gasteiger partial charge >= 0.3 is 0 Å². The zero-order valence-corrected chi connectivity index (χ0v) is 10.9. The first-order valence-electron chi connectivity index (χ1n) is 6.66. The second kappa shape index (κ2) is 5.43. The lowest BCUT2D eigenvalue weighted by molar-refractivity contribution is -0.126. The Morgan fingerprint density at radius 3 is 2.80 bits per heavy atom. The number of carbonyl (C=O) groups is 1. The van der Waals surface area contributed by atoms with Crippen molar-refractivity contribution in [2.45, 2.75) is 18.8 Å². The van der Waals surface area contributed by atoms with Gasteiger partial charge in [-0.25, -0.2) is 4.98 Å². The summed E-state index contributed by atoms with van der Waals surface area (Å²) in [6, 6.07) is 9.28. The van der Waals surface area contributed by atoms with Crippen molar-refractivity contribution >= 4 is 16.9 Å². The average Bonchev–Trinajstić information content (AvgIpc) is 2.92. The van der Waals surface area contributed by atoms with Crippen LogP contribution in [0.3, 0.4) is 0 Å². The minimum absolute atomic E-state index is 0.109. The Kier molecular flexibility index (Phi) is 3.48. The quantitative estimate of drug-likeness (QED) is 0.856. The second-order valence-corrected chi connectivity index (χ2v) is 4.87. The van der Waals surface area contributed by atoms with Crippen LogP contribution in [0, 0.1) is 17.2 Å². The van der Waals surface area contributed by atoms with Crippen LogP contribution < -0.4 is 0 Å². The fraction of sp³-hybridized carbons (Fsp3) is 0.400. The Morgan fingerprint density at radius 1 is 1.35 bits per heavy atom. The summed E-state index contributed by atoms with van der Waals surface area (Å²) in [4.78, 5) is 16.7. The van der Waals surface area contributed by atoms with Gasteiger partial charge < -0.3 is 9.15 Å². The summed E-state index contributed by atoms with van der Waals surface area (Å²) < 4.78 is 10.8. The summed E-state index contributed by atoms with van der Waals surface area (Å²) in [5, 5.41) is 9.30. The lowest BCUT2D eigenvalue weighted by Crippen LogP contribution is -2.27. The van der Waals surface area contributed by atoms with E-state index in [1.807, 2.05) is 18.2 Å². The Balaban J connectivity index is 1.89. The molecule has 1 aromatic heterocycles. The van der Waals surface area contributed by atoms with Crippen molar-refractivity contribution in [1.82, 2.24) is 4.98 Å². The second-order valence-electron chi connectivity index (χ2n) is 4.87. The number of rotatable bonds is 3. The highest BCUT2D eigenvalue weighted by molar-refractivity contribution is 5.90. The molecule has 0 amide bonds. The van der Waals surface area contributed by atoms with Gasteiger partial charge in [0.1, 0.15) is 5.52 Å². The van der Waals surface area contributed by atoms with Crippen LogP contribution in [0.5, 0.6) is 0 Å². The zero-order chi connectivity index (χ0) is 13.9. The van der Waals surface area contributed by atoms with Crippen LogP contribution in [-0.4, -0.2) is 24.0 Å². The van der Waals surface area contributed by atoms with Gasteiger partial charge in [-0.15, -0.1) is 0 Å². The van der Waals surface area contributed by atoms with Crippen LogP contribution >= 0.6 is 0 Å². The number of Topliss-reactive ketones (excluding diaryl/α,β-unsaturated/α-hetero) is 1. The molecule has 3 rings (SSSR count). The van der Waals surface area contributed by atoms with Gasteiger partial charge in [-0.2, -0.15) is 5.26 Å². The minimum atomic E-state index is -0.925. The molecule has 5 heteroatoms.